The lowest BCUT2D eigenvalue weighted by Gasteiger charge is -2.31. The average molecular weight is 202 g/mol. The Kier molecular flexibility index (Phi) is 3.28. The van der Waals surface area contributed by atoms with Crippen molar-refractivity contribution in [3.8, 4) is 6.07 Å². The summed E-state index contributed by atoms with van der Waals surface area (Å²) in [6, 6.07) is 1.62. The molecule has 1 N–H and O–H groups in total. The van der Waals surface area contributed by atoms with Gasteiger partial charge in [-0.2, -0.15) is 5.26 Å². The molecule has 1 unspecified atom stereocenters. The van der Waals surface area contributed by atoms with Crippen LogP contribution in [-0.2, 0) is 10.0 Å². The predicted molar refractivity (Wildman–Crippen MR) is 49.3 cm³/mol. The van der Waals surface area contributed by atoms with Crippen LogP contribution in [0.5, 0.6) is 0 Å². The summed E-state index contributed by atoms with van der Waals surface area (Å²) >= 11 is 0. The molecular formula is C8H14N2O2S. The van der Waals surface area contributed by atoms with Crippen LogP contribution in [0.4, 0.5) is 0 Å². The van der Waals surface area contributed by atoms with Gasteiger partial charge in [0.05, 0.1) is 6.07 Å². The highest BCUT2D eigenvalue weighted by Gasteiger charge is 2.26. The molecule has 0 saturated heterocycles. The number of rotatable bonds is 4. The molecule has 0 radical (unpaired) electrons. The molecule has 4 nitrogen and oxygen atoms in total. The summed E-state index contributed by atoms with van der Waals surface area (Å²) in [5.74, 6) is 0.0258. The molecule has 1 rings (SSSR count). The van der Waals surface area contributed by atoms with Crippen LogP contribution in [0.2, 0.25) is 0 Å². The average Bonchev–Trinajstić information content (AvgIpc) is 1.79. The van der Waals surface area contributed by atoms with Crippen LogP contribution in [0.3, 0.4) is 0 Å². The van der Waals surface area contributed by atoms with Crippen molar-refractivity contribution in [2.45, 2.75) is 32.2 Å². The Morgan fingerprint density at radius 2 is 2.23 bits per heavy atom. The molecule has 5 heteroatoms. The summed E-state index contributed by atoms with van der Waals surface area (Å²) in [6.45, 7) is 1.86. The molecule has 0 aromatic carbocycles. The number of nitrogens with zero attached hydrogens (tertiary/aromatic N) is 1. The van der Waals surface area contributed by atoms with E-state index in [9.17, 15) is 8.42 Å². The fraction of sp³-hybridized carbons (Fsp3) is 0.875. The SMILES string of the molecule is CC(NS(=O)(=O)CC#N)C1CCC1. The van der Waals surface area contributed by atoms with E-state index in [1.165, 1.54) is 6.42 Å². The van der Waals surface area contributed by atoms with Crippen molar-refractivity contribution in [1.82, 2.24) is 4.72 Å². The lowest BCUT2D eigenvalue weighted by molar-refractivity contribution is 0.260. The molecule has 1 fully saturated rings. The number of sulfonamides is 1. The second kappa shape index (κ2) is 4.07. The van der Waals surface area contributed by atoms with Crippen LogP contribution in [0.1, 0.15) is 26.2 Å². The molecule has 0 heterocycles. The van der Waals surface area contributed by atoms with Crippen LogP contribution in [-0.4, -0.2) is 20.2 Å². The van der Waals surface area contributed by atoms with Crippen LogP contribution >= 0.6 is 0 Å². The highest BCUT2D eigenvalue weighted by atomic mass is 32.2. The molecule has 0 aromatic heterocycles. The lowest BCUT2D eigenvalue weighted by atomic mass is 9.81. The second-order valence-electron chi connectivity index (χ2n) is 3.51. The molecule has 13 heavy (non-hydrogen) atoms. The van der Waals surface area contributed by atoms with E-state index in [1.54, 1.807) is 6.07 Å². The van der Waals surface area contributed by atoms with Gasteiger partial charge in [-0.05, 0) is 25.7 Å². The van der Waals surface area contributed by atoms with Crippen LogP contribution in [0.25, 0.3) is 0 Å². The minimum absolute atomic E-state index is 0.0212. The Morgan fingerprint density at radius 1 is 1.62 bits per heavy atom. The topological polar surface area (TPSA) is 70.0 Å². The van der Waals surface area contributed by atoms with E-state index in [-0.39, 0.29) is 6.04 Å². The zero-order valence-corrected chi connectivity index (χ0v) is 8.47. The third-order valence-corrected chi connectivity index (χ3v) is 3.72. The number of hydrogen-bond acceptors (Lipinski definition) is 3. The quantitative estimate of drug-likeness (QED) is 0.726. The standard InChI is InChI=1S/C8H14N2O2S/c1-7(8-3-2-4-8)10-13(11,12)6-5-9/h7-8,10H,2-4,6H2,1H3. The fourth-order valence-corrected chi connectivity index (χ4v) is 2.46. The molecule has 0 aromatic rings. The van der Waals surface area contributed by atoms with Gasteiger partial charge in [0.15, 0.2) is 5.75 Å². The fourth-order valence-electron chi connectivity index (χ4n) is 1.45. The van der Waals surface area contributed by atoms with Crippen LogP contribution < -0.4 is 4.72 Å². The minimum atomic E-state index is -3.36. The summed E-state index contributed by atoms with van der Waals surface area (Å²) in [7, 11) is -3.36. The largest absolute Gasteiger partial charge is 0.225 e. The Bertz CT molecular complexity index is 301. The van der Waals surface area contributed by atoms with Gasteiger partial charge in [0.25, 0.3) is 0 Å². The van der Waals surface area contributed by atoms with E-state index in [4.69, 9.17) is 5.26 Å². The normalized spacial score (nSPS) is 20.3. The monoisotopic (exact) mass is 202 g/mol. The van der Waals surface area contributed by atoms with Gasteiger partial charge < -0.3 is 0 Å². The Labute approximate surface area is 79.0 Å². The molecule has 0 amide bonds. The first-order valence-electron chi connectivity index (χ1n) is 4.42. The Hall–Kier alpha value is -0.600. The Balaban J connectivity index is 2.43. The van der Waals surface area contributed by atoms with Gasteiger partial charge >= 0.3 is 0 Å². The second-order valence-corrected chi connectivity index (χ2v) is 5.27. The van der Waals surface area contributed by atoms with Crippen molar-refractivity contribution in [3.05, 3.63) is 0 Å². The van der Waals surface area contributed by atoms with Crippen molar-refractivity contribution in [1.29, 1.82) is 5.26 Å². The van der Waals surface area contributed by atoms with E-state index >= 15 is 0 Å². The maximum Gasteiger partial charge on any atom is 0.225 e. The first kappa shape index (κ1) is 10.5. The number of nitrogens with one attached hydrogen (secondary N) is 1. The number of nitriles is 1. The first-order chi connectivity index (χ1) is 6.05. The first-order valence-corrected chi connectivity index (χ1v) is 6.07. The van der Waals surface area contributed by atoms with Crippen LogP contribution in [0.15, 0.2) is 0 Å². The summed E-state index contributed by atoms with van der Waals surface area (Å²) in [4.78, 5) is 0. The highest BCUT2D eigenvalue weighted by Crippen LogP contribution is 2.29. The minimum Gasteiger partial charge on any atom is -0.211 e. The summed E-state index contributed by atoms with van der Waals surface area (Å²) in [6.07, 6.45) is 3.38. The van der Waals surface area contributed by atoms with Gasteiger partial charge in [-0.15, -0.1) is 0 Å². The molecule has 1 saturated carbocycles. The van der Waals surface area contributed by atoms with Crippen molar-refractivity contribution < 1.29 is 8.42 Å². The van der Waals surface area contributed by atoms with E-state index in [1.807, 2.05) is 6.92 Å². The maximum atomic E-state index is 11.2. The zero-order chi connectivity index (χ0) is 9.90. The van der Waals surface area contributed by atoms with Gasteiger partial charge in [-0.3, -0.25) is 0 Å². The zero-order valence-electron chi connectivity index (χ0n) is 7.66. The number of hydrogen-bond donors (Lipinski definition) is 1. The third-order valence-electron chi connectivity index (χ3n) is 2.48. The van der Waals surface area contributed by atoms with E-state index < -0.39 is 15.8 Å². The maximum absolute atomic E-state index is 11.2. The van der Waals surface area contributed by atoms with E-state index in [2.05, 4.69) is 4.72 Å². The van der Waals surface area contributed by atoms with Crippen molar-refractivity contribution in [2.24, 2.45) is 5.92 Å². The summed E-state index contributed by atoms with van der Waals surface area (Å²) in [5.41, 5.74) is 0. The molecule has 1 atom stereocenters. The van der Waals surface area contributed by atoms with E-state index in [0.29, 0.717) is 5.92 Å². The van der Waals surface area contributed by atoms with Gasteiger partial charge in [0.1, 0.15) is 0 Å². The van der Waals surface area contributed by atoms with Gasteiger partial charge in [0.2, 0.25) is 10.0 Å². The van der Waals surface area contributed by atoms with E-state index in [0.717, 1.165) is 12.8 Å². The van der Waals surface area contributed by atoms with Crippen LogP contribution in [0, 0.1) is 17.2 Å². The molecule has 0 spiro atoms. The molecule has 0 aliphatic heterocycles. The van der Waals surface area contributed by atoms with Gasteiger partial charge in [0, 0.05) is 6.04 Å². The third kappa shape index (κ3) is 2.98. The summed E-state index contributed by atoms with van der Waals surface area (Å²) in [5, 5.41) is 8.26. The van der Waals surface area contributed by atoms with Gasteiger partial charge in [-0.1, -0.05) is 6.42 Å². The smallest absolute Gasteiger partial charge is 0.211 e. The molecule has 74 valence electrons. The predicted octanol–water partition coefficient (Wildman–Crippen LogP) is 0.618. The van der Waals surface area contributed by atoms with Crippen molar-refractivity contribution >= 4 is 10.0 Å². The lowest BCUT2D eigenvalue weighted by Crippen LogP contribution is -2.41. The molecular weight excluding hydrogens is 188 g/mol. The molecule has 1 aliphatic rings. The van der Waals surface area contributed by atoms with Crippen molar-refractivity contribution in [3.63, 3.8) is 0 Å². The molecule has 0 bridgehead atoms. The van der Waals surface area contributed by atoms with Gasteiger partial charge in [-0.25, -0.2) is 13.1 Å². The summed E-state index contributed by atoms with van der Waals surface area (Å²) < 4.78 is 24.8. The molecule has 1 aliphatic carbocycles. The highest BCUT2D eigenvalue weighted by molar-refractivity contribution is 7.89. The Morgan fingerprint density at radius 3 is 2.62 bits per heavy atom. The van der Waals surface area contributed by atoms with Crippen molar-refractivity contribution in [2.75, 3.05) is 5.75 Å².